The van der Waals surface area contributed by atoms with Gasteiger partial charge in [0.2, 0.25) is 0 Å². The maximum absolute atomic E-state index is 11.3. The maximum Gasteiger partial charge on any atom is 0.159 e. The van der Waals surface area contributed by atoms with Gasteiger partial charge < -0.3 is 10.1 Å². The second kappa shape index (κ2) is 7.47. The van der Waals surface area contributed by atoms with E-state index in [2.05, 4.69) is 5.32 Å². The number of rotatable bonds is 6. The van der Waals surface area contributed by atoms with E-state index in [4.69, 9.17) is 4.74 Å². The molecule has 0 bridgehead atoms. The van der Waals surface area contributed by atoms with E-state index < -0.39 is 0 Å². The van der Waals surface area contributed by atoms with Crippen molar-refractivity contribution in [2.45, 2.75) is 13.5 Å². The van der Waals surface area contributed by atoms with Crippen molar-refractivity contribution < 1.29 is 9.53 Å². The number of carbonyl (C=O) groups excluding carboxylic acids is 1. The molecule has 0 saturated heterocycles. The van der Waals surface area contributed by atoms with Crippen molar-refractivity contribution >= 4 is 17.2 Å². The molecule has 0 heterocycles. The van der Waals surface area contributed by atoms with Crippen LogP contribution in [0.3, 0.4) is 0 Å². The maximum atomic E-state index is 11.3. The van der Waals surface area contributed by atoms with Crippen molar-refractivity contribution in [3.8, 4) is 5.75 Å². The summed E-state index contributed by atoms with van der Waals surface area (Å²) in [5.74, 6) is 0.901. The minimum atomic E-state index is 0.0708. The second-order valence-corrected chi connectivity index (χ2v) is 5.56. The molecule has 0 aliphatic carbocycles. The molecule has 3 rings (SSSR count). The van der Waals surface area contributed by atoms with Gasteiger partial charge in [0.15, 0.2) is 5.78 Å². The molecule has 0 unspecified atom stereocenters. The van der Waals surface area contributed by atoms with Gasteiger partial charge in [-0.2, -0.15) is 0 Å². The Bertz CT molecular complexity index is 794. The smallest absolute Gasteiger partial charge is 0.159 e. The largest absolute Gasteiger partial charge is 0.489 e. The fourth-order valence-electron chi connectivity index (χ4n) is 2.33. The fraction of sp³-hybridized carbons (Fsp3) is 0.0952. The number of benzene rings is 3. The number of Topliss-reactive ketones (excluding diaryl/α,β-unsaturated/α-hetero) is 1. The van der Waals surface area contributed by atoms with E-state index in [9.17, 15) is 4.79 Å². The summed E-state index contributed by atoms with van der Waals surface area (Å²) in [4.78, 5) is 11.3. The molecule has 0 aliphatic rings. The van der Waals surface area contributed by atoms with Crippen molar-refractivity contribution in [3.05, 3.63) is 90.0 Å². The molecule has 0 amide bonds. The molecule has 1 N–H and O–H groups in total. The molecule has 3 aromatic carbocycles. The molecule has 3 heteroatoms. The van der Waals surface area contributed by atoms with E-state index in [1.807, 2.05) is 78.9 Å². The molecule has 0 fully saturated rings. The van der Waals surface area contributed by atoms with Crippen LogP contribution in [0.25, 0.3) is 0 Å². The second-order valence-electron chi connectivity index (χ2n) is 5.56. The number of hydrogen-bond acceptors (Lipinski definition) is 3. The van der Waals surface area contributed by atoms with Gasteiger partial charge in [-0.15, -0.1) is 0 Å². The molecule has 120 valence electrons. The Kier molecular flexibility index (Phi) is 4.92. The fourth-order valence-corrected chi connectivity index (χ4v) is 2.33. The predicted octanol–water partition coefficient (Wildman–Crippen LogP) is 5.21. The van der Waals surface area contributed by atoms with E-state index in [-0.39, 0.29) is 5.78 Å². The van der Waals surface area contributed by atoms with Crippen LogP contribution >= 0.6 is 0 Å². The lowest BCUT2D eigenvalue weighted by molar-refractivity contribution is 0.101. The molecule has 0 aliphatic heterocycles. The highest BCUT2D eigenvalue weighted by Gasteiger charge is 2.00. The topological polar surface area (TPSA) is 38.3 Å². The van der Waals surface area contributed by atoms with Crippen LogP contribution < -0.4 is 10.1 Å². The van der Waals surface area contributed by atoms with E-state index in [1.54, 1.807) is 6.92 Å². The van der Waals surface area contributed by atoms with Crippen LogP contribution in [0.15, 0.2) is 78.9 Å². The Morgan fingerprint density at radius 1 is 0.833 bits per heavy atom. The van der Waals surface area contributed by atoms with Crippen LogP contribution in [0.5, 0.6) is 5.75 Å². The van der Waals surface area contributed by atoms with Crippen molar-refractivity contribution in [2.24, 2.45) is 0 Å². The highest BCUT2D eigenvalue weighted by atomic mass is 16.5. The minimum absolute atomic E-state index is 0.0708. The Hall–Kier alpha value is -3.07. The van der Waals surface area contributed by atoms with Crippen LogP contribution in [-0.4, -0.2) is 5.78 Å². The summed E-state index contributed by atoms with van der Waals surface area (Å²) in [6.07, 6.45) is 0. The van der Waals surface area contributed by atoms with E-state index in [0.29, 0.717) is 12.2 Å². The minimum Gasteiger partial charge on any atom is -0.489 e. The Morgan fingerprint density at radius 3 is 2.00 bits per heavy atom. The van der Waals surface area contributed by atoms with E-state index >= 15 is 0 Å². The first-order chi connectivity index (χ1) is 11.7. The lowest BCUT2D eigenvalue weighted by Gasteiger charge is -2.09. The van der Waals surface area contributed by atoms with Crippen LogP contribution in [-0.2, 0) is 6.61 Å². The van der Waals surface area contributed by atoms with Crippen LogP contribution in [0.4, 0.5) is 11.4 Å². The highest BCUT2D eigenvalue weighted by Crippen LogP contribution is 2.21. The average Bonchev–Trinajstić information content (AvgIpc) is 2.62. The summed E-state index contributed by atoms with van der Waals surface area (Å²) < 4.78 is 5.77. The number of hydrogen-bond donors (Lipinski definition) is 1. The van der Waals surface area contributed by atoms with Crippen molar-refractivity contribution in [3.63, 3.8) is 0 Å². The zero-order valence-electron chi connectivity index (χ0n) is 13.5. The third-order valence-corrected chi connectivity index (χ3v) is 3.68. The summed E-state index contributed by atoms with van der Waals surface area (Å²) in [6, 6.07) is 25.3. The van der Waals surface area contributed by atoms with E-state index in [0.717, 1.165) is 22.7 Å². The predicted molar refractivity (Wildman–Crippen MR) is 96.9 cm³/mol. The molecule has 0 spiro atoms. The third kappa shape index (κ3) is 4.23. The summed E-state index contributed by atoms with van der Waals surface area (Å²) in [6.45, 7) is 2.12. The van der Waals surface area contributed by atoms with Gasteiger partial charge in [0.05, 0.1) is 0 Å². The Labute approximate surface area is 141 Å². The van der Waals surface area contributed by atoms with Gasteiger partial charge in [0, 0.05) is 16.9 Å². The quantitative estimate of drug-likeness (QED) is 0.634. The van der Waals surface area contributed by atoms with Gasteiger partial charge in [-0.25, -0.2) is 0 Å². The van der Waals surface area contributed by atoms with Crippen molar-refractivity contribution in [1.29, 1.82) is 0 Å². The molecule has 24 heavy (non-hydrogen) atoms. The third-order valence-electron chi connectivity index (χ3n) is 3.68. The lowest BCUT2D eigenvalue weighted by atomic mass is 10.1. The summed E-state index contributed by atoms with van der Waals surface area (Å²) in [5, 5.41) is 3.30. The molecule has 0 saturated carbocycles. The number of carbonyl (C=O) groups is 1. The molecule has 0 aromatic heterocycles. The standard InChI is InChI=1S/C21H19NO2/c1-16(23)18-7-9-19(10-8-18)22-20-11-13-21(14-12-20)24-15-17-5-3-2-4-6-17/h2-14,22H,15H2,1H3. The van der Waals surface area contributed by atoms with Gasteiger partial charge >= 0.3 is 0 Å². The van der Waals surface area contributed by atoms with Gasteiger partial charge in [-0.1, -0.05) is 30.3 Å². The zero-order valence-corrected chi connectivity index (χ0v) is 13.5. The Morgan fingerprint density at radius 2 is 1.42 bits per heavy atom. The normalized spacial score (nSPS) is 10.2. The molecule has 3 nitrogen and oxygen atoms in total. The monoisotopic (exact) mass is 317 g/mol. The Balaban J connectivity index is 1.59. The number of ketones is 1. The highest BCUT2D eigenvalue weighted by molar-refractivity contribution is 5.94. The first-order valence-electron chi connectivity index (χ1n) is 7.85. The molecular weight excluding hydrogens is 298 g/mol. The van der Waals surface area contributed by atoms with Gasteiger partial charge in [-0.3, -0.25) is 4.79 Å². The molecule has 3 aromatic rings. The molecule has 0 atom stereocenters. The number of anilines is 2. The lowest BCUT2D eigenvalue weighted by Crippen LogP contribution is -1.96. The van der Waals surface area contributed by atoms with Crippen molar-refractivity contribution in [2.75, 3.05) is 5.32 Å². The summed E-state index contributed by atoms with van der Waals surface area (Å²) >= 11 is 0. The van der Waals surface area contributed by atoms with Crippen LogP contribution in [0.2, 0.25) is 0 Å². The van der Waals surface area contributed by atoms with Crippen LogP contribution in [0.1, 0.15) is 22.8 Å². The van der Waals surface area contributed by atoms with Gasteiger partial charge in [0.1, 0.15) is 12.4 Å². The first kappa shape index (κ1) is 15.8. The zero-order chi connectivity index (χ0) is 16.8. The van der Waals surface area contributed by atoms with E-state index in [1.165, 1.54) is 0 Å². The van der Waals surface area contributed by atoms with Crippen molar-refractivity contribution in [1.82, 2.24) is 0 Å². The number of nitrogens with one attached hydrogen (secondary N) is 1. The summed E-state index contributed by atoms with van der Waals surface area (Å²) in [7, 11) is 0. The number of ether oxygens (including phenoxy) is 1. The first-order valence-corrected chi connectivity index (χ1v) is 7.85. The summed E-state index contributed by atoms with van der Waals surface area (Å²) in [5.41, 5.74) is 3.77. The van der Waals surface area contributed by atoms with Gasteiger partial charge in [-0.05, 0) is 61.0 Å². The average molecular weight is 317 g/mol. The van der Waals surface area contributed by atoms with Gasteiger partial charge in [0.25, 0.3) is 0 Å². The molecule has 0 radical (unpaired) electrons. The van der Waals surface area contributed by atoms with Crippen LogP contribution in [0, 0.1) is 0 Å². The SMILES string of the molecule is CC(=O)c1ccc(Nc2ccc(OCc3ccccc3)cc2)cc1. The molecular formula is C21H19NO2.